The molecule has 5 rings (SSSR count). The van der Waals surface area contributed by atoms with E-state index in [9.17, 15) is 14.4 Å². The fourth-order valence-corrected chi connectivity index (χ4v) is 6.23. The van der Waals surface area contributed by atoms with Gasteiger partial charge in [0.1, 0.15) is 22.8 Å². The smallest absolute Gasteiger partial charge is 0.258 e. The average molecular weight is 669 g/mol. The zero-order valence-corrected chi connectivity index (χ0v) is 29.5. The van der Waals surface area contributed by atoms with Gasteiger partial charge in [-0.2, -0.15) is 0 Å². The van der Waals surface area contributed by atoms with E-state index in [0.29, 0.717) is 52.5 Å². The molecule has 1 fully saturated rings. The van der Waals surface area contributed by atoms with Gasteiger partial charge in [-0.25, -0.2) is 4.98 Å². The normalized spacial score (nSPS) is 13.4. The number of piperazine rings is 1. The molecule has 1 aliphatic rings. The summed E-state index contributed by atoms with van der Waals surface area (Å²) >= 11 is 0. The largest absolute Gasteiger partial charge is 0.495 e. The number of ether oxygens (including phenoxy) is 2. The van der Waals surface area contributed by atoms with Gasteiger partial charge in [-0.1, -0.05) is 12.1 Å². The van der Waals surface area contributed by atoms with Crippen LogP contribution in [0.2, 0.25) is 0 Å². The number of carbonyl (C=O) groups excluding carboxylic acids is 3. The second kappa shape index (κ2) is 16.0. The number of likely N-dealkylation sites (N-methyl/N-ethyl adjacent to an activating group) is 1. The highest BCUT2D eigenvalue weighted by atomic mass is 16.5. The van der Waals surface area contributed by atoms with Gasteiger partial charge in [-0.3, -0.25) is 14.4 Å². The van der Waals surface area contributed by atoms with Gasteiger partial charge in [-0.05, 0) is 95.1 Å². The van der Waals surface area contributed by atoms with Crippen molar-refractivity contribution in [2.45, 2.75) is 53.0 Å². The van der Waals surface area contributed by atoms with E-state index >= 15 is 0 Å². The van der Waals surface area contributed by atoms with E-state index in [1.165, 1.54) is 7.11 Å². The van der Waals surface area contributed by atoms with E-state index in [1.54, 1.807) is 36.2 Å². The lowest BCUT2D eigenvalue weighted by atomic mass is 10.1. The molecule has 1 aliphatic heterocycles. The molecule has 3 amide bonds. The van der Waals surface area contributed by atoms with Crippen molar-refractivity contribution in [1.29, 1.82) is 0 Å². The Kier molecular flexibility index (Phi) is 11.6. The summed E-state index contributed by atoms with van der Waals surface area (Å²) in [5.74, 6) is 1.49. The molecule has 0 bridgehead atoms. The van der Waals surface area contributed by atoms with Gasteiger partial charge >= 0.3 is 0 Å². The molecule has 11 nitrogen and oxygen atoms in total. The predicted molar refractivity (Wildman–Crippen MR) is 193 cm³/mol. The van der Waals surface area contributed by atoms with E-state index < -0.39 is 0 Å². The van der Waals surface area contributed by atoms with Crippen molar-refractivity contribution in [2.75, 3.05) is 64.2 Å². The summed E-state index contributed by atoms with van der Waals surface area (Å²) < 4.78 is 13.9. The summed E-state index contributed by atoms with van der Waals surface area (Å²) in [6.07, 6.45) is 3.07. The summed E-state index contributed by atoms with van der Waals surface area (Å²) in [5, 5.41) is 2.94. The lowest BCUT2D eigenvalue weighted by Crippen LogP contribution is -2.47. The number of amides is 3. The zero-order valence-electron chi connectivity index (χ0n) is 29.5. The van der Waals surface area contributed by atoms with Gasteiger partial charge in [0.05, 0.1) is 36.2 Å². The fraction of sp³-hybridized carbons (Fsp3) is 0.421. The number of nitrogens with zero attached hydrogens (tertiary/aromatic N) is 5. The highest BCUT2D eigenvalue weighted by molar-refractivity contribution is 6.12. The lowest BCUT2D eigenvalue weighted by molar-refractivity contribution is -0.132. The third-order valence-corrected chi connectivity index (χ3v) is 9.16. The van der Waals surface area contributed by atoms with Crippen LogP contribution >= 0.6 is 0 Å². The number of rotatable bonds is 13. The van der Waals surface area contributed by atoms with Crippen LogP contribution in [0.1, 0.15) is 64.7 Å². The number of fused-ring (bicyclic) bond motifs is 1. The first-order chi connectivity index (χ1) is 23.6. The number of hydrogen-bond donors (Lipinski definition) is 1. The van der Waals surface area contributed by atoms with Crippen LogP contribution in [-0.2, 0) is 11.3 Å². The van der Waals surface area contributed by atoms with Crippen molar-refractivity contribution >= 4 is 40.1 Å². The fourth-order valence-electron chi connectivity index (χ4n) is 6.23. The van der Waals surface area contributed by atoms with Crippen molar-refractivity contribution in [2.24, 2.45) is 0 Å². The molecule has 0 atom stereocenters. The number of para-hydroxylation sites is 1. The summed E-state index contributed by atoms with van der Waals surface area (Å²) in [4.78, 5) is 50.1. The first kappa shape index (κ1) is 35.4. The standard InChI is InChI=1S/C38H48N6O5/c1-7-44-27(3)39-36-29(12-11-13-32(36)44)37(46)40-30-17-16-28(25-33(30)48-6)38(47)42(5)31-18-15-26(2)24-34(31)49-23-10-8-9-14-35(45)43-21-19-41(4)20-22-43/h11-13,15-18,24-25H,7-10,14,19-23H2,1-6H3,(H,40,46). The van der Waals surface area contributed by atoms with E-state index in [2.05, 4.69) is 26.8 Å². The van der Waals surface area contributed by atoms with Gasteiger partial charge in [-0.15, -0.1) is 0 Å². The van der Waals surface area contributed by atoms with E-state index in [1.807, 2.05) is 56.0 Å². The van der Waals surface area contributed by atoms with Crippen LogP contribution < -0.4 is 19.7 Å². The highest BCUT2D eigenvalue weighted by Gasteiger charge is 2.22. The Labute approximate surface area is 288 Å². The zero-order chi connectivity index (χ0) is 35.1. The molecule has 1 N–H and O–H groups in total. The Morgan fingerprint density at radius 3 is 2.45 bits per heavy atom. The van der Waals surface area contributed by atoms with Crippen molar-refractivity contribution in [3.8, 4) is 11.5 Å². The second-order valence-electron chi connectivity index (χ2n) is 12.6. The van der Waals surface area contributed by atoms with Gasteiger partial charge in [0.25, 0.3) is 11.8 Å². The first-order valence-electron chi connectivity index (χ1n) is 17.0. The molecule has 2 heterocycles. The van der Waals surface area contributed by atoms with Crippen molar-refractivity contribution in [3.05, 3.63) is 77.1 Å². The monoisotopic (exact) mass is 668 g/mol. The van der Waals surface area contributed by atoms with Gasteiger partial charge < -0.3 is 34.1 Å². The summed E-state index contributed by atoms with van der Waals surface area (Å²) in [6.45, 7) is 10.6. The maximum absolute atomic E-state index is 13.7. The molecule has 4 aromatic rings. The molecule has 49 heavy (non-hydrogen) atoms. The minimum Gasteiger partial charge on any atom is -0.495 e. The molecule has 260 valence electrons. The predicted octanol–water partition coefficient (Wildman–Crippen LogP) is 5.92. The molecule has 1 aromatic heterocycles. The molecule has 0 aliphatic carbocycles. The number of aromatic nitrogens is 2. The van der Waals surface area contributed by atoms with Crippen LogP contribution in [0, 0.1) is 13.8 Å². The molecule has 3 aromatic carbocycles. The Morgan fingerprint density at radius 1 is 0.939 bits per heavy atom. The maximum Gasteiger partial charge on any atom is 0.258 e. The van der Waals surface area contributed by atoms with E-state index in [0.717, 1.165) is 68.9 Å². The summed E-state index contributed by atoms with van der Waals surface area (Å²) in [7, 11) is 5.30. The highest BCUT2D eigenvalue weighted by Crippen LogP contribution is 2.32. The van der Waals surface area contributed by atoms with Gasteiger partial charge in [0.2, 0.25) is 5.91 Å². The number of nitrogens with one attached hydrogen (secondary N) is 1. The van der Waals surface area contributed by atoms with Crippen LogP contribution in [0.5, 0.6) is 11.5 Å². The number of anilines is 2. The van der Waals surface area contributed by atoms with Crippen LogP contribution in [0.3, 0.4) is 0 Å². The Balaban J connectivity index is 1.20. The molecule has 0 unspecified atom stereocenters. The number of imidazole rings is 1. The van der Waals surface area contributed by atoms with Crippen molar-refractivity contribution in [1.82, 2.24) is 19.4 Å². The summed E-state index contributed by atoms with van der Waals surface area (Å²) in [6, 6.07) is 16.3. The van der Waals surface area contributed by atoms with Crippen LogP contribution in [-0.4, -0.2) is 91.1 Å². The Hall–Kier alpha value is -4.90. The number of aryl methyl sites for hydroxylation is 3. The number of methoxy groups -OCH3 is 1. The molecule has 1 saturated heterocycles. The van der Waals surface area contributed by atoms with Crippen molar-refractivity contribution < 1.29 is 23.9 Å². The van der Waals surface area contributed by atoms with Crippen LogP contribution in [0.15, 0.2) is 54.6 Å². The molecule has 0 radical (unpaired) electrons. The number of hydrogen-bond acceptors (Lipinski definition) is 7. The number of carbonyl (C=O) groups is 3. The van der Waals surface area contributed by atoms with E-state index in [-0.39, 0.29) is 17.7 Å². The Bertz CT molecular complexity index is 1810. The third-order valence-electron chi connectivity index (χ3n) is 9.16. The van der Waals surface area contributed by atoms with Crippen LogP contribution in [0.25, 0.3) is 11.0 Å². The molecule has 11 heteroatoms. The van der Waals surface area contributed by atoms with Crippen molar-refractivity contribution in [3.63, 3.8) is 0 Å². The molecular weight excluding hydrogens is 620 g/mol. The molecule has 0 spiro atoms. The van der Waals surface area contributed by atoms with E-state index in [4.69, 9.17) is 9.47 Å². The van der Waals surface area contributed by atoms with Crippen LogP contribution in [0.4, 0.5) is 11.4 Å². The SMILES string of the molecule is CCn1c(C)nc2c(C(=O)Nc3ccc(C(=O)N(C)c4ccc(C)cc4OCCCCCC(=O)N4CCN(C)CC4)cc3OC)cccc21. The summed E-state index contributed by atoms with van der Waals surface area (Å²) in [5.41, 5.74) is 4.50. The second-order valence-corrected chi connectivity index (χ2v) is 12.6. The molecule has 0 saturated carbocycles. The van der Waals surface area contributed by atoms with Gasteiger partial charge in [0, 0.05) is 51.8 Å². The quantitative estimate of drug-likeness (QED) is 0.176. The third kappa shape index (κ3) is 8.22. The number of unbranched alkanes of at least 4 members (excludes halogenated alkanes) is 2. The minimum atomic E-state index is -0.316. The molecular formula is C38H48N6O5. The first-order valence-corrected chi connectivity index (χ1v) is 17.0. The average Bonchev–Trinajstić information content (AvgIpc) is 3.44. The topological polar surface area (TPSA) is 109 Å². The maximum atomic E-state index is 13.7. The number of benzene rings is 3. The lowest BCUT2D eigenvalue weighted by Gasteiger charge is -2.32. The van der Waals surface area contributed by atoms with Gasteiger partial charge in [0.15, 0.2) is 0 Å². The Morgan fingerprint density at radius 2 is 1.71 bits per heavy atom. The minimum absolute atomic E-state index is 0.231.